The molecule has 0 atom stereocenters. The fraction of sp³-hybridized carbons (Fsp3) is 0.276. The number of hydrogen-bond acceptors (Lipinski definition) is 8. The Hall–Kier alpha value is -4.82. The number of aryl methyl sites for hydroxylation is 1. The van der Waals surface area contributed by atoms with E-state index in [1.54, 1.807) is 36.8 Å². The number of rotatable bonds is 13. The molecule has 0 aliphatic heterocycles. The van der Waals surface area contributed by atoms with Crippen molar-refractivity contribution in [2.75, 3.05) is 42.0 Å². The van der Waals surface area contributed by atoms with Crippen LogP contribution in [-0.4, -0.2) is 80.0 Å². The second-order valence-corrected chi connectivity index (χ2v) is 11.5. The van der Waals surface area contributed by atoms with E-state index in [0.717, 1.165) is 8.28 Å². The van der Waals surface area contributed by atoms with Crippen LogP contribution in [-0.2, 0) is 21.5 Å². The number of fused-ring (bicyclic) bond motifs is 1. The van der Waals surface area contributed by atoms with Crippen LogP contribution >= 0.6 is 0 Å². The maximum atomic E-state index is 13.5. The first kappa shape index (κ1) is 31.1. The van der Waals surface area contributed by atoms with E-state index in [1.165, 1.54) is 59.8 Å². The Balaban J connectivity index is 1.72. The van der Waals surface area contributed by atoms with Gasteiger partial charge in [0, 0.05) is 62.3 Å². The van der Waals surface area contributed by atoms with Gasteiger partial charge in [-0.3, -0.25) is 9.59 Å². The van der Waals surface area contributed by atoms with Gasteiger partial charge in [0.05, 0.1) is 33.2 Å². The zero-order chi connectivity index (χ0) is 31.1. The molecular weight excluding hydrogens is 576 g/mol. The predicted octanol–water partition coefficient (Wildman–Crippen LogP) is 2.50. The van der Waals surface area contributed by atoms with E-state index in [0.29, 0.717) is 41.7 Å². The maximum absolute atomic E-state index is 13.5. The Labute approximate surface area is 249 Å². The van der Waals surface area contributed by atoms with Crippen molar-refractivity contribution in [1.82, 2.24) is 28.5 Å². The van der Waals surface area contributed by atoms with Gasteiger partial charge >= 0.3 is 10.2 Å². The average molecular weight is 611 g/mol. The molecule has 2 aromatic carbocycles. The highest BCUT2D eigenvalue weighted by molar-refractivity contribution is 7.87. The Morgan fingerprint density at radius 3 is 2.35 bits per heavy atom. The Morgan fingerprint density at radius 2 is 1.74 bits per heavy atom. The third-order valence-corrected chi connectivity index (χ3v) is 8.30. The first-order valence-corrected chi connectivity index (χ1v) is 14.6. The van der Waals surface area contributed by atoms with Gasteiger partial charge in [-0.15, -0.1) is 0 Å². The summed E-state index contributed by atoms with van der Waals surface area (Å²) in [6.45, 7) is 0.943. The third kappa shape index (κ3) is 6.81. The summed E-state index contributed by atoms with van der Waals surface area (Å²) in [5, 5.41) is 6.09. The summed E-state index contributed by atoms with van der Waals surface area (Å²) in [5.41, 5.74) is 0.880. The first-order valence-electron chi connectivity index (χ1n) is 13.2. The molecule has 0 aliphatic rings. The lowest BCUT2D eigenvalue weighted by Gasteiger charge is -2.15. The van der Waals surface area contributed by atoms with Crippen molar-refractivity contribution >= 4 is 39.0 Å². The lowest BCUT2D eigenvalue weighted by molar-refractivity contribution is -0.117. The normalized spacial score (nSPS) is 11.9. The molecule has 4 rings (SSSR count). The van der Waals surface area contributed by atoms with Gasteiger partial charge in [0.2, 0.25) is 5.75 Å². The molecule has 2 amide bonds. The van der Waals surface area contributed by atoms with E-state index in [2.05, 4.69) is 15.6 Å². The quantitative estimate of drug-likeness (QED) is 0.174. The SMILES string of the molecule is COc1cc(C(=O)N/C(=C\c2cn(S(=O)(=O)N(C)C)c3ccccc23)C(=O)NCCCn2ccnc2)cc(OC)c1OC. The van der Waals surface area contributed by atoms with E-state index in [9.17, 15) is 18.0 Å². The van der Waals surface area contributed by atoms with Gasteiger partial charge in [0.15, 0.2) is 11.5 Å². The van der Waals surface area contributed by atoms with Gasteiger partial charge in [-0.05, 0) is 30.7 Å². The Kier molecular flexibility index (Phi) is 9.73. The number of nitrogens with zero attached hydrogens (tertiary/aromatic N) is 4. The molecule has 13 nitrogen and oxygen atoms in total. The molecule has 2 heterocycles. The highest BCUT2D eigenvalue weighted by Crippen LogP contribution is 2.38. The van der Waals surface area contributed by atoms with Crippen LogP contribution in [0.5, 0.6) is 17.2 Å². The molecule has 0 spiro atoms. The number of carbonyl (C=O) groups is 2. The van der Waals surface area contributed by atoms with Crippen LogP contribution in [0.4, 0.5) is 0 Å². The molecule has 228 valence electrons. The minimum Gasteiger partial charge on any atom is -0.493 e. The highest BCUT2D eigenvalue weighted by atomic mass is 32.2. The monoisotopic (exact) mass is 610 g/mol. The van der Waals surface area contributed by atoms with Crippen LogP contribution in [0.3, 0.4) is 0 Å². The van der Waals surface area contributed by atoms with Crippen molar-refractivity contribution in [3.63, 3.8) is 0 Å². The summed E-state index contributed by atoms with van der Waals surface area (Å²) in [7, 11) is 3.29. The molecule has 0 bridgehead atoms. The first-order chi connectivity index (χ1) is 20.6. The van der Waals surface area contributed by atoms with E-state index >= 15 is 0 Å². The molecule has 14 heteroatoms. The molecule has 4 aromatic rings. The number of amides is 2. The van der Waals surface area contributed by atoms with Crippen LogP contribution < -0.4 is 24.8 Å². The van der Waals surface area contributed by atoms with Gasteiger partial charge in [0.25, 0.3) is 11.8 Å². The van der Waals surface area contributed by atoms with Crippen molar-refractivity contribution < 1.29 is 32.2 Å². The van der Waals surface area contributed by atoms with Crippen molar-refractivity contribution in [2.45, 2.75) is 13.0 Å². The molecule has 2 N–H and O–H groups in total. The number of benzene rings is 2. The largest absolute Gasteiger partial charge is 0.493 e. The molecular formula is C29H34N6O7S. The summed E-state index contributed by atoms with van der Waals surface area (Å²) < 4.78 is 46.3. The number of imidazole rings is 1. The molecule has 43 heavy (non-hydrogen) atoms. The summed E-state index contributed by atoms with van der Waals surface area (Å²) in [6, 6.07) is 9.82. The van der Waals surface area contributed by atoms with Crippen LogP contribution in [0.25, 0.3) is 17.0 Å². The lowest BCUT2D eigenvalue weighted by Crippen LogP contribution is -2.35. The molecule has 0 unspecified atom stereocenters. The molecule has 0 fully saturated rings. The van der Waals surface area contributed by atoms with Crippen molar-refractivity contribution in [3.05, 3.63) is 78.1 Å². The smallest absolute Gasteiger partial charge is 0.307 e. The standard InChI is InChI=1S/C29H34N6O7S/c1-33(2)43(38,39)35-18-21(22-9-6-7-10-24(22)35)15-23(29(37)31-11-8-13-34-14-12-30-19-34)32-28(36)20-16-25(40-3)27(42-5)26(17-20)41-4/h6-7,9-10,12,14-19H,8,11,13H2,1-5H3,(H,31,37)(H,32,36)/b23-15-. The van der Waals surface area contributed by atoms with Gasteiger partial charge in [-0.1, -0.05) is 18.2 Å². The predicted molar refractivity (Wildman–Crippen MR) is 161 cm³/mol. The van der Waals surface area contributed by atoms with Crippen LogP contribution in [0, 0.1) is 0 Å². The van der Waals surface area contributed by atoms with E-state index in [4.69, 9.17) is 14.2 Å². The minimum absolute atomic E-state index is 0.0912. The Morgan fingerprint density at radius 1 is 1.05 bits per heavy atom. The molecule has 0 saturated carbocycles. The average Bonchev–Trinajstić information content (AvgIpc) is 3.66. The maximum Gasteiger partial charge on any atom is 0.307 e. The third-order valence-electron chi connectivity index (χ3n) is 6.58. The number of ether oxygens (including phenoxy) is 3. The summed E-state index contributed by atoms with van der Waals surface area (Å²) >= 11 is 0. The second kappa shape index (κ2) is 13.4. The molecule has 0 saturated heterocycles. The second-order valence-electron chi connectivity index (χ2n) is 9.52. The summed E-state index contributed by atoms with van der Waals surface area (Å²) in [4.78, 5) is 30.9. The van der Waals surface area contributed by atoms with Gasteiger partial charge < -0.3 is 29.4 Å². The van der Waals surface area contributed by atoms with Gasteiger partial charge in [-0.2, -0.15) is 12.7 Å². The van der Waals surface area contributed by atoms with Crippen LogP contribution in [0.2, 0.25) is 0 Å². The van der Waals surface area contributed by atoms with E-state index in [1.807, 2.05) is 10.8 Å². The number of carbonyl (C=O) groups excluding carboxylic acids is 2. The number of nitrogens with one attached hydrogen (secondary N) is 2. The highest BCUT2D eigenvalue weighted by Gasteiger charge is 2.23. The van der Waals surface area contributed by atoms with E-state index < -0.39 is 22.0 Å². The molecule has 2 aromatic heterocycles. The Bertz CT molecular complexity index is 1720. The van der Waals surface area contributed by atoms with Crippen molar-refractivity contribution in [1.29, 1.82) is 0 Å². The van der Waals surface area contributed by atoms with Crippen molar-refractivity contribution in [3.8, 4) is 17.2 Å². The fourth-order valence-corrected chi connectivity index (χ4v) is 5.36. The fourth-order valence-electron chi connectivity index (χ4n) is 4.36. The molecule has 0 radical (unpaired) electrons. The minimum atomic E-state index is -3.88. The van der Waals surface area contributed by atoms with E-state index in [-0.39, 0.29) is 22.8 Å². The number of para-hydroxylation sites is 1. The topological polar surface area (TPSA) is 146 Å². The zero-order valence-corrected chi connectivity index (χ0v) is 25.3. The van der Waals surface area contributed by atoms with Crippen LogP contribution in [0.15, 0.2) is 67.0 Å². The van der Waals surface area contributed by atoms with Gasteiger partial charge in [-0.25, -0.2) is 8.96 Å². The number of methoxy groups -OCH3 is 3. The van der Waals surface area contributed by atoms with Crippen molar-refractivity contribution in [2.24, 2.45) is 0 Å². The van der Waals surface area contributed by atoms with Gasteiger partial charge in [0.1, 0.15) is 5.70 Å². The number of aromatic nitrogens is 3. The molecule has 0 aliphatic carbocycles. The lowest BCUT2D eigenvalue weighted by atomic mass is 10.1. The summed E-state index contributed by atoms with van der Waals surface area (Å²) in [5.74, 6) is -0.345. The zero-order valence-electron chi connectivity index (χ0n) is 24.5. The number of hydrogen-bond donors (Lipinski definition) is 2. The summed E-state index contributed by atoms with van der Waals surface area (Å²) in [6.07, 6.45) is 8.65. The van der Waals surface area contributed by atoms with Crippen LogP contribution in [0.1, 0.15) is 22.3 Å².